The molecule has 1 atom stereocenters. The topological polar surface area (TPSA) is 42.7 Å². The molecule has 0 radical (unpaired) electrons. The Kier molecular flexibility index (Phi) is 3.69. The van der Waals surface area contributed by atoms with Crippen molar-refractivity contribution in [3.8, 4) is 0 Å². The maximum Gasteiger partial charge on any atom is 0.0946 e. The van der Waals surface area contributed by atoms with Gasteiger partial charge in [0, 0.05) is 36.4 Å². The molecule has 4 nitrogen and oxygen atoms in total. The van der Waals surface area contributed by atoms with Gasteiger partial charge in [-0.25, -0.2) is 9.97 Å². The third kappa shape index (κ3) is 2.68. The van der Waals surface area contributed by atoms with Gasteiger partial charge in [-0.05, 0) is 13.8 Å². The molecule has 0 bridgehead atoms. The van der Waals surface area contributed by atoms with Crippen LogP contribution in [-0.4, -0.2) is 21.1 Å². The molecule has 0 saturated carbocycles. The molecular formula is C11H16N4S. The van der Waals surface area contributed by atoms with Crippen molar-refractivity contribution < 1.29 is 0 Å². The van der Waals surface area contributed by atoms with Gasteiger partial charge in [0.25, 0.3) is 0 Å². The minimum absolute atomic E-state index is 0.371. The van der Waals surface area contributed by atoms with Crippen LogP contribution in [0.1, 0.15) is 23.5 Å². The molecule has 0 spiro atoms. The van der Waals surface area contributed by atoms with Crippen molar-refractivity contribution in [3.63, 3.8) is 0 Å². The Hall–Kier alpha value is -1.20. The van der Waals surface area contributed by atoms with Crippen LogP contribution >= 0.6 is 11.3 Å². The number of rotatable bonds is 5. The summed E-state index contributed by atoms with van der Waals surface area (Å²) in [6.07, 6.45) is 5.62. The van der Waals surface area contributed by atoms with Crippen molar-refractivity contribution in [2.45, 2.75) is 26.4 Å². The van der Waals surface area contributed by atoms with Crippen LogP contribution in [0.5, 0.6) is 0 Å². The van der Waals surface area contributed by atoms with Crippen LogP contribution in [0.15, 0.2) is 24.2 Å². The van der Waals surface area contributed by atoms with Gasteiger partial charge in [-0.3, -0.25) is 0 Å². The zero-order valence-corrected chi connectivity index (χ0v) is 10.4. The van der Waals surface area contributed by atoms with E-state index in [2.05, 4.69) is 33.7 Å². The number of aryl methyl sites for hydroxylation is 1. The molecule has 5 heteroatoms. The minimum atomic E-state index is 0.371. The molecule has 2 aromatic heterocycles. The normalized spacial score (nSPS) is 12.9. The predicted molar refractivity (Wildman–Crippen MR) is 65.5 cm³/mol. The van der Waals surface area contributed by atoms with Gasteiger partial charge in [0.15, 0.2) is 0 Å². The molecule has 0 aliphatic carbocycles. The minimum Gasteiger partial charge on any atom is -0.336 e. The molecule has 1 N–H and O–H groups in total. The number of nitrogens with zero attached hydrogens (tertiary/aromatic N) is 3. The molecule has 0 aliphatic heterocycles. The van der Waals surface area contributed by atoms with Crippen LogP contribution in [0, 0.1) is 6.92 Å². The Labute approximate surface area is 99.4 Å². The summed E-state index contributed by atoms with van der Waals surface area (Å²) in [5.74, 6) is 0. The van der Waals surface area contributed by atoms with E-state index >= 15 is 0 Å². The zero-order valence-electron chi connectivity index (χ0n) is 9.55. The Balaban J connectivity index is 1.80. The summed E-state index contributed by atoms with van der Waals surface area (Å²) in [4.78, 5) is 9.59. The summed E-state index contributed by atoms with van der Waals surface area (Å²) in [7, 11) is 0. The number of thiazole rings is 1. The van der Waals surface area contributed by atoms with Crippen LogP contribution in [0.3, 0.4) is 0 Å². The molecule has 1 unspecified atom stereocenters. The lowest BCUT2D eigenvalue weighted by atomic mass is 10.2. The highest BCUT2D eigenvalue weighted by atomic mass is 32.1. The molecule has 0 amide bonds. The van der Waals surface area contributed by atoms with E-state index in [0.717, 1.165) is 18.8 Å². The highest BCUT2D eigenvalue weighted by Gasteiger charge is 2.09. The van der Waals surface area contributed by atoms with E-state index in [1.54, 1.807) is 17.5 Å². The third-order valence-electron chi connectivity index (χ3n) is 2.56. The molecule has 0 saturated heterocycles. The van der Waals surface area contributed by atoms with E-state index in [0.29, 0.717) is 6.04 Å². The Morgan fingerprint density at radius 2 is 2.44 bits per heavy atom. The second kappa shape index (κ2) is 5.23. The smallest absolute Gasteiger partial charge is 0.0946 e. The van der Waals surface area contributed by atoms with Crippen molar-refractivity contribution in [1.82, 2.24) is 19.9 Å². The summed E-state index contributed by atoms with van der Waals surface area (Å²) < 4.78 is 2.07. The van der Waals surface area contributed by atoms with Crippen LogP contribution in [-0.2, 0) is 6.54 Å². The Morgan fingerprint density at radius 1 is 1.56 bits per heavy atom. The molecule has 16 heavy (non-hydrogen) atoms. The summed E-state index contributed by atoms with van der Waals surface area (Å²) in [6.45, 7) is 6.12. The summed E-state index contributed by atoms with van der Waals surface area (Å²) in [5.41, 5.74) is 3.03. The molecule has 2 aromatic rings. The summed E-state index contributed by atoms with van der Waals surface area (Å²) >= 11 is 1.71. The molecule has 0 fully saturated rings. The van der Waals surface area contributed by atoms with E-state index in [-0.39, 0.29) is 0 Å². The van der Waals surface area contributed by atoms with Crippen molar-refractivity contribution in [3.05, 3.63) is 34.8 Å². The Morgan fingerprint density at radius 3 is 3.06 bits per heavy atom. The average Bonchev–Trinajstić information content (AvgIpc) is 2.88. The average molecular weight is 236 g/mol. The summed E-state index contributed by atoms with van der Waals surface area (Å²) in [6, 6.07) is 0.371. The molecule has 2 rings (SSSR count). The highest BCUT2D eigenvalue weighted by molar-refractivity contribution is 7.09. The first-order valence-corrected chi connectivity index (χ1v) is 6.24. The van der Waals surface area contributed by atoms with Gasteiger partial charge in [0.05, 0.1) is 17.5 Å². The predicted octanol–water partition coefficient (Wildman–Crippen LogP) is 2.00. The van der Waals surface area contributed by atoms with E-state index in [1.165, 1.54) is 4.88 Å². The second-order valence-electron chi connectivity index (χ2n) is 3.78. The lowest BCUT2D eigenvalue weighted by Crippen LogP contribution is -2.22. The lowest BCUT2D eigenvalue weighted by molar-refractivity contribution is 0.534. The van der Waals surface area contributed by atoms with E-state index in [9.17, 15) is 0 Å². The SMILES string of the molecule is Cc1ncsc1C(C)NCCn1ccnc1. The van der Waals surface area contributed by atoms with Crippen LogP contribution in [0.2, 0.25) is 0 Å². The lowest BCUT2D eigenvalue weighted by Gasteiger charge is -2.12. The third-order valence-corrected chi connectivity index (χ3v) is 3.67. The zero-order chi connectivity index (χ0) is 11.4. The van der Waals surface area contributed by atoms with Crippen LogP contribution in [0.4, 0.5) is 0 Å². The summed E-state index contributed by atoms with van der Waals surface area (Å²) in [5, 5.41) is 3.49. The highest BCUT2D eigenvalue weighted by Crippen LogP contribution is 2.20. The molecule has 0 aliphatic rings. The van der Waals surface area contributed by atoms with Gasteiger partial charge >= 0.3 is 0 Å². The van der Waals surface area contributed by atoms with Crippen molar-refractivity contribution in [1.29, 1.82) is 0 Å². The fourth-order valence-electron chi connectivity index (χ4n) is 1.65. The maximum atomic E-state index is 4.26. The van der Waals surface area contributed by atoms with Crippen LogP contribution in [0.25, 0.3) is 0 Å². The van der Waals surface area contributed by atoms with E-state index in [4.69, 9.17) is 0 Å². The quantitative estimate of drug-likeness (QED) is 0.863. The van der Waals surface area contributed by atoms with Crippen molar-refractivity contribution >= 4 is 11.3 Å². The Bertz CT molecular complexity index is 421. The number of aromatic nitrogens is 3. The first kappa shape index (κ1) is 11.3. The number of nitrogens with one attached hydrogen (secondary N) is 1. The number of imidazole rings is 1. The largest absolute Gasteiger partial charge is 0.336 e. The molecule has 86 valence electrons. The van der Waals surface area contributed by atoms with Gasteiger partial charge in [0.1, 0.15) is 0 Å². The van der Waals surface area contributed by atoms with Gasteiger partial charge in [-0.15, -0.1) is 11.3 Å². The van der Waals surface area contributed by atoms with Crippen LogP contribution < -0.4 is 5.32 Å². The van der Waals surface area contributed by atoms with Gasteiger partial charge in [0.2, 0.25) is 0 Å². The molecular weight excluding hydrogens is 220 g/mol. The van der Waals surface area contributed by atoms with E-state index in [1.807, 2.05) is 18.0 Å². The molecule has 2 heterocycles. The number of hydrogen-bond acceptors (Lipinski definition) is 4. The fourth-order valence-corrected chi connectivity index (χ4v) is 2.48. The van der Waals surface area contributed by atoms with Gasteiger partial charge in [-0.1, -0.05) is 0 Å². The van der Waals surface area contributed by atoms with Crippen molar-refractivity contribution in [2.24, 2.45) is 0 Å². The maximum absolute atomic E-state index is 4.26. The van der Waals surface area contributed by atoms with E-state index < -0.39 is 0 Å². The monoisotopic (exact) mass is 236 g/mol. The molecule has 0 aromatic carbocycles. The first-order chi connectivity index (χ1) is 7.77. The van der Waals surface area contributed by atoms with Gasteiger partial charge in [-0.2, -0.15) is 0 Å². The first-order valence-electron chi connectivity index (χ1n) is 5.36. The van der Waals surface area contributed by atoms with Gasteiger partial charge < -0.3 is 9.88 Å². The standard InChI is InChI=1S/C11H16N4S/c1-9(11-10(2)14-8-16-11)13-4-6-15-5-3-12-7-15/h3,5,7-9,13H,4,6H2,1-2H3. The number of hydrogen-bond donors (Lipinski definition) is 1. The second-order valence-corrected chi connectivity index (χ2v) is 4.66. The fraction of sp³-hybridized carbons (Fsp3) is 0.455. The van der Waals surface area contributed by atoms with Crippen molar-refractivity contribution in [2.75, 3.05) is 6.54 Å².